The van der Waals surface area contributed by atoms with E-state index in [1.165, 1.54) is 40.2 Å². The molecule has 0 unspecified atom stereocenters. The molecule has 1 fully saturated rings. The number of nitrogens with zero attached hydrogens (tertiary/aromatic N) is 9. The third-order valence-corrected chi connectivity index (χ3v) is 6.28. The Kier molecular flexibility index (Phi) is 5.89. The molecule has 1 aliphatic rings. The average molecular weight is 497 g/mol. The molecule has 3 heterocycles. The van der Waals surface area contributed by atoms with Crippen LogP contribution in [0.3, 0.4) is 0 Å². The first-order chi connectivity index (χ1) is 17.3. The van der Waals surface area contributed by atoms with Crippen molar-refractivity contribution in [2.75, 3.05) is 11.4 Å². The molecule has 1 saturated heterocycles. The van der Waals surface area contributed by atoms with Gasteiger partial charge in [0.1, 0.15) is 36.2 Å². The number of tetrazole rings is 1. The zero-order valence-corrected chi connectivity index (χ0v) is 18.9. The highest BCUT2D eigenvalue weighted by molar-refractivity contribution is 5.95. The van der Waals surface area contributed by atoms with Crippen LogP contribution in [0, 0.1) is 11.6 Å². The maximum Gasteiger partial charge on any atom is 0.327 e. The molecule has 4 aromatic rings. The van der Waals surface area contributed by atoms with Crippen molar-refractivity contribution in [3.8, 4) is 5.69 Å². The summed E-state index contributed by atoms with van der Waals surface area (Å²) < 4.78 is 31.2. The van der Waals surface area contributed by atoms with Crippen LogP contribution in [0.2, 0.25) is 0 Å². The molecule has 0 aliphatic carbocycles. The van der Waals surface area contributed by atoms with Gasteiger partial charge in [0.2, 0.25) is 0 Å². The molecule has 1 aliphatic heterocycles. The maximum absolute atomic E-state index is 14.9. The number of benzene rings is 2. The van der Waals surface area contributed by atoms with Gasteiger partial charge in [-0.1, -0.05) is 6.07 Å². The molecule has 36 heavy (non-hydrogen) atoms. The summed E-state index contributed by atoms with van der Waals surface area (Å²) in [5.74, 6) is -1.79. The van der Waals surface area contributed by atoms with Gasteiger partial charge in [0.25, 0.3) is 0 Å². The van der Waals surface area contributed by atoms with E-state index in [0.717, 1.165) is 17.0 Å². The van der Waals surface area contributed by atoms with Gasteiger partial charge >= 0.3 is 6.03 Å². The van der Waals surface area contributed by atoms with Crippen LogP contribution in [0.1, 0.15) is 12.5 Å². The van der Waals surface area contributed by atoms with Crippen LogP contribution >= 0.6 is 0 Å². The van der Waals surface area contributed by atoms with Crippen molar-refractivity contribution in [3.05, 3.63) is 78.6 Å². The van der Waals surface area contributed by atoms with Crippen molar-refractivity contribution < 1.29 is 23.8 Å². The minimum atomic E-state index is -2.04. The molecule has 0 bridgehead atoms. The topological polar surface area (TPSA) is 138 Å². The van der Waals surface area contributed by atoms with Gasteiger partial charge in [-0.05, 0) is 47.7 Å². The number of aromatic nitrogens is 7. The van der Waals surface area contributed by atoms with Gasteiger partial charge in [0, 0.05) is 17.3 Å². The Labute approximate surface area is 203 Å². The molecule has 2 amide bonds. The predicted octanol–water partition coefficient (Wildman–Crippen LogP) is 1.07. The second kappa shape index (κ2) is 9.05. The number of urea groups is 1. The van der Waals surface area contributed by atoms with Gasteiger partial charge in [-0.15, -0.1) is 5.10 Å². The number of carbonyl (C=O) groups is 1. The normalized spacial score (nSPS) is 18.5. The van der Waals surface area contributed by atoms with Crippen molar-refractivity contribution in [2.45, 2.75) is 31.3 Å². The van der Waals surface area contributed by atoms with Crippen LogP contribution in [0.5, 0.6) is 0 Å². The smallest absolute Gasteiger partial charge is 0.327 e. The number of rotatable bonds is 7. The second-order valence-corrected chi connectivity index (χ2v) is 8.37. The molecule has 0 saturated carbocycles. The molecule has 2 N–H and O–H groups in total. The molecule has 5 rings (SSSR count). The van der Waals surface area contributed by atoms with E-state index in [9.17, 15) is 23.8 Å². The van der Waals surface area contributed by atoms with Crippen LogP contribution in [-0.2, 0) is 12.1 Å². The SMILES string of the molecule is C[C@@H](N1C[C@@H](O)N(c2ccc(-n3cnnn3)cc2)C1=O)[C@@](O)(Cn1cncn1)c1ccc(F)cc1F. The number of halogens is 2. The van der Waals surface area contributed by atoms with Gasteiger partial charge in [0.05, 0.1) is 24.8 Å². The lowest BCUT2D eigenvalue weighted by atomic mass is 9.85. The highest BCUT2D eigenvalue weighted by Gasteiger charge is 2.48. The molecule has 186 valence electrons. The summed E-state index contributed by atoms with van der Waals surface area (Å²) in [7, 11) is 0. The molecular formula is C22H21F2N9O3. The summed E-state index contributed by atoms with van der Waals surface area (Å²) in [4.78, 5) is 19.7. The minimum absolute atomic E-state index is 0.169. The predicted molar refractivity (Wildman–Crippen MR) is 119 cm³/mol. The number of anilines is 1. The number of aliphatic hydroxyl groups is 2. The zero-order valence-electron chi connectivity index (χ0n) is 18.9. The Hall–Kier alpha value is -4.30. The quantitative estimate of drug-likeness (QED) is 0.387. The summed E-state index contributed by atoms with van der Waals surface area (Å²) >= 11 is 0. The summed E-state index contributed by atoms with van der Waals surface area (Å²) in [6.07, 6.45) is 2.75. The summed E-state index contributed by atoms with van der Waals surface area (Å²) in [5.41, 5.74) is -1.23. The van der Waals surface area contributed by atoms with Crippen LogP contribution in [0.4, 0.5) is 19.3 Å². The molecule has 12 nitrogen and oxygen atoms in total. The highest BCUT2D eigenvalue weighted by Crippen LogP contribution is 2.36. The number of carbonyl (C=O) groups excluding carboxylic acids is 1. The lowest BCUT2D eigenvalue weighted by Gasteiger charge is -2.39. The van der Waals surface area contributed by atoms with Crippen LogP contribution < -0.4 is 4.90 Å². The van der Waals surface area contributed by atoms with Crippen molar-refractivity contribution >= 4 is 11.7 Å². The van der Waals surface area contributed by atoms with E-state index in [2.05, 4.69) is 25.6 Å². The number of hydrogen-bond donors (Lipinski definition) is 2. The van der Waals surface area contributed by atoms with Crippen molar-refractivity contribution in [2.24, 2.45) is 0 Å². The molecule has 2 aromatic carbocycles. The van der Waals surface area contributed by atoms with Crippen LogP contribution in [-0.4, -0.2) is 74.9 Å². The zero-order chi connectivity index (χ0) is 25.4. The van der Waals surface area contributed by atoms with Crippen molar-refractivity contribution in [1.82, 2.24) is 39.9 Å². The maximum atomic E-state index is 14.9. The van der Waals surface area contributed by atoms with E-state index in [0.29, 0.717) is 17.4 Å². The Morgan fingerprint density at radius 3 is 2.53 bits per heavy atom. The molecule has 0 radical (unpaired) electrons. The first-order valence-electron chi connectivity index (χ1n) is 10.9. The monoisotopic (exact) mass is 497 g/mol. The molecule has 0 spiro atoms. The van der Waals surface area contributed by atoms with Gasteiger partial charge in [-0.25, -0.2) is 27.9 Å². The first-order valence-corrected chi connectivity index (χ1v) is 10.9. The lowest BCUT2D eigenvalue weighted by molar-refractivity contribution is -0.0506. The van der Waals surface area contributed by atoms with Crippen LogP contribution in [0.15, 0.2) is 61.4 Å². The van der Waals surface area contributed by atoms with Gasteiger partial charge in [0.15, 0.2) is 6.23 Å². The van der Waals surface area contributed by atoms with Crippen molar-refractivity contribution in [1.29, 1.82) is 0 Å². The summed E-state index contributed by atoms with van der Waals surface area (Å²) in [5, 5.41) is 37.5. The average Bonchev–Trinajstić information content (AvgIpc) is 3.61. The molecular weight excluding hydrogens is 476 g/mol. The van der Waals surface area contributed by atoms with Crippen molar-refractivity contribution in [3.63, 3.8) is 0 Å². The van der Waals surface area contributed by atoms with E-state index in [1.807, 2.05) is 0 Å². The van der Waals surface area contributed by atoms with E-state index in [-0.39, 0.29) is 18.7 Å². The number of aliphatic hydroxyl groups excluding tert-OH is 1. The lowest BCUT2D eigenvalue weighted by Crippen LogP contribution is -2.53. The summed E-state index contributed by atoms with van der Waals surface area (Å²) in [6.45, 7) is 1.07. The number of β-amino-alcohol motifs (C(OH)–C–C–N with tert-alkyl or cyclic N) is 1. The van der Waals surface area contributed by atoms with Crippen LogP contribution in [0.25, 0.3) is 5.69 Å². The molecule has 2 aromatic heterocycles. The Morgan fingerprint density at radius 1 is 1.14 bits per heavy atom. The molecule has 3 atom stereocenters. The van der Waals surface area contributed by atoms with Gasteiger partial charge in [-0.2, -0.15) is 5.10 Å². The van der Waals surface area contributed by atoms with E-state index < -0.39 is 35.5 Å². The fourth-order valence-electron chi connectivity index (χ4n) is 4.36. The summed E-state index contributed by atoms with van der Waals surface area (Å²) in [6, 6.07) is 7.73. The minimum Gasteiger partial charge on any atom is -0.381 e. The fraction of sp³-hybridized carbons (Fsp3) is 0.273. The third-order valence-electron chi connectivity index (χ3n) is 6.28. The van der Waals surface area contributed by atoms with Gasteiger partial charge in [-0.3, -0.25) is 4.90 Å². The second-order valence-electron chi connectivity index (χ2n) is 8.37. The first kappa shape index (κ1) is 23.4. The third kappa shape index (κ3) is 4.05. The molecule has 14 heteroatoms. The van der Waals surface area contributed by atoms with E-state index >= 15 is 0 Å². The number of amides is 2. The Balaban J connectivity index is 1.46. The number of hydrogen-bond acceptors (Lipinski definition) is 8. The Morgan fingerprint density at radius 2 is 1.89 bits per heavy atom. The van der Waals surface area contributed by atoms with E-state index in [1.54, 1.807) is 24.3 Å². The largest absolute Gasteiger partial charge is 0.381 e. The highest BCUT2D eigenvalue weighted by atomic mass is 19.1. The Bertz CT molecular complexity index is 1350. The fourth-order valence-corrected chi connectivity index (χ4v) is 4.36. The van der Waals surface area contributed by atoms with Gasteiger partial charge < -0.3 is 15.1 Å². The standard InChI is InChI=1S/C22H21F2N9O3/c1-14(22(36,10-30-12-25-11-27-30)18-7-2-15(23)8-19(18)24)31-9-20(34)33(21(31)35)17-5-3-16(4-6-17)32-13-26-28-29-32/h2-8,11-14,20,34,36H,9-10H2,1H3/t14-,20-,22+/m1/s1. The van der Waals surface area contributed by atoms with E-state index in [4.69, 9.17) is 0 Å².